The first-order chi connectivity index (χ1) is 14.6. The highest BCUT2D eigenvalue weighted by Crippen LogP contribution is 2.68. The first kappa shape index (κ1) is 24.4. The Labute approximate surface area is 193 Å². The number of hydrogen-bond donors (Lipinski definition) is 4. The van der Waals surface area contributed by atoms with Crippen LogP contribution >= 0.6 is 0 Å². The number of carbonyl (C=O) groups is 1. The second-order valence-corrected chi connectivity index (χ2v) is 13.0. The smallest absolute Gasteiger partial charge is 0.159 e. The minimum absolute atomic E-state index is 0.0579. The Morgan fingerprint density at radius 2 is 1.69 bits per heavy atom. The van der Waals surface area contributed by atoms with Gasteiger partial charge in [-0.2, -0.15) is 0 Å². The Bertz CT molecular complexity index is 794. The van der Waals surface area contributed by atoms with Crippen molar-refractivity contribution in [1.82, 2.24) is 0 Å². The molecule has 0 spiro atoms. The van der Waals surface area contributed by atoms with E-state index >= 15 is 0 Å². The fourth-order valence-electron chi connectivity index (χ4n) is 8.37. The zero-order valence-electron chi connectivity index (χ0n) is 20.7. The fraction of sp³-hybridized carbons (Fsp3) is 0.889. The van der Waals surface area contributed by atoms with Gasteiger partial charge in [0, 0.05) is 11.3 Å². The lowest BCUT2D eigenvalue weighted by Crippen LogP contribution is -2.60. The number of aliphatic hydroxyl groups excluding tert-OH is 1. The van der Waals surface area contributed by atoms with Crippen LogP contribution in [0.15, 0.2) is 11.6 Å². The van der Waals surface area contributed by atoms with Crippen LogP contribution in [0, 0.1) is 28.6 Å². The quantitative estimate of drug-likeness (QED) is 0.511. The molecule has 0 unspecified atom stereocenters. The second kappa shape index (κ2) is 7.63. The Kier molecular flexibility index (Phi) is 5.81. The molecule has 0 aliphatic heterocycles. The summed E-state index contributed by atoms with van der Waals surface area (Å²) in [6.45, 7) is 9.80. The van der Waals surface area contributed by atoms with Crippen molar-refractivity contribution in [2.75, 3.05) is 0 Å². The third kappa shape index (κ3) is 3.62. The lowest BCUT2D eigenvalue weighted by atomic mass is 9.46. The highest BCUT2D eigenvalue weighted by Gasteiger charge is 2.67. The van der Waals surface area contributed by atoms with Crippen LogP contribution in [0.3, 0.4) is 0 Å². The monoisotopic (exact) mass is 448 g/mol. The van der Waals surface area contributed by atoms with E-state index in [1.165, 1.54) is 0 Å². The van der Waals surface area contributed by atoms with Crippen molar-refractivity contribution in [2.24, 2.45) is 28.6 Å². The van der Waals surface area contributed by atoms with Gasteiger partial charge in [0.15, 0.2) is 5.78 Å². The molecular formula is C27H44O5. The molecule has 182 valence electrons. The fourth-order valence-corrected chi connectivity index (χ4v) is 8.37. The van der Waals surface area contributed by atoms with Gasteiger partial charge in [-0.05, 0) is 114 Å². The summed E-state index contributed by atoms with van der Waals surface area (Å²) in [5.41, 5.74) is -2.53. The summed E-state index contributed by atoms with van der Waals surface area (Å²) in [5, 5.41) is 44.0. The Balaban J connectivity index is 1.63. The van der Waals surface area contributed by atoms with Crippen LogP contribution in [0.5, 0.6) is 0 Å². The van der Waals surface area contributed by atoms with Crippen molar-refractivity contribution in [3.8, 4) is 0 Å². The number of allylic oxidation sites excluding steroid dienone is 1. The van der Waals surface area contributed by atoms with Crippen molar-refractivity contribution in [2.45, 2.75) is 122 Å². The molecule has 0 amide bonds. The number of ketones is 1. The molecule has 4 aliphatic rings. The van der Waals surface area contributed by atoms with E-state index in [0.29, 0.717) is 25.7 Å². The molecule has 4 aliphatic carbocycles. The van der Waals surface area contributed by atoms with E-state index < -0.39 is 28.3 Å². The molecule has 0 aromatic heterocycles. The Morgan fingerprint density at radius 1 is 1.00 bits per heavy atom. The standard InChI is InChI=1S/C27H44O5/c1-23(2,30)10-6-11-26(5,31)22-9-14-27(32)19-16-21(29)20-15-17(28)7-12-24(20,3)18(19)8-13-25(22,27)4/h16-18,20,22,28,30-32H,6-15H2,1-5H3/t17-,18-,20+,22-,24+,25+,26-,27+/m0/s1. The maximum atomic E-state index is 13.2. The molecule has 4 rings (SSSR count). The van der Waals surface area contributed by atoms with Crippen molar-refractivity contribution in [1.29, 1.82) is 0 Å². The third-order valence-corrected chi connectivity index (χ3v) is 10.3. The molecule has 32 heavy (non-hydrogen) atoms. The molecule has 4 N–H and O–H groups in total. The predicted molar refractivity (Wildman–Crippen MR) is 124 cm³/mol. The summed E-state index contributed by atoms with van der Waals surface area (Å²) in [7, 11) is 0. The van der Waals surface area contributed by atoms with Crippen molar-refractivity contribution in [3.05, 3.63) is 11.6 Å². The van der Waals surface area contributed by atoms with E-state index in [1.54, 1.807) is 19.9 Å². The van der Waals surface area contributed by atoms with Crippen molar-refractivity contribution in [3.63, 3.8) is 0 Å². The molecule has 5 nitrogen and oxygen atoms in total. The molecule has 0 bridgehead atoms. The average Bonchev–Trinajstić information content (AvgIpc) is 2.95. The van der Waals surface area contributed by atoms with E-state index in [0.717, 1.165) is 44.1 Å². The average molecular weight is 449 g/mol. The minimum atomic E-state index is -1.07. The van der Waals surface area contributed by atoms with Crippen LogP contribution in [0.1, 0.15) is 98.8 Å². The lowest BCUT2D eigenvalue weighted by Gasteiger charge is -2.60. The Hall–Kier alpha value is -0.750. The van der Waals surface area contributed by atoms with Gasteiger partial charge in [-0.15, -0.1) is 0 Å². The summed E-state index contributed by atoms with van der Waals surface area (Å²) >= 11 is 0. The molecule has 3 fully saturated rings. The molecule has 0 aromatic carbocycles. The summed E-state index contributed by atoms with van der Waals surface area (Å²) in [6.07, 6.45) is 8.41. The van der Waals surface area contributed by atoms with Crippen molar-refractivity contribution >= 4 is 5.78 Å². The van der Waals surface area contributed by atoms with E-state index in [1.807, 2.05) is 6.92 Å². The number of aliphatic hydroxyl groups is 4. The van der Waals surface area contributed by atoms with Gasteiger partial charge >= 0.3 is 0 Å². The normalized spacial score (nSPS) is 46.0. The van der Waals surface area contributed by atoms with Crippen LogP contribution in [0.2, 0.25) is 0 Å². The van der Waals surface area contributed by atoms with Crippen LogP contribution < -0.4 is 0 Å². The number of rotatable bonds is 5. The maximum absolute atomic E-state index is 13.2. The molecule has 0 radical (unpaired) electrons. The number of fused-ring (bicyclic) bond motifs is 5. The lowest BCUT2D eigenvalue weighted by molar-refractivity contribution is -0.150. The van der Waals surface area contributed by atoms with Gasteiger partial charge in [0.25, 0.3) is 0 Å². The van der Waals surface area contributed by atoms with Gasteiger partial charge in [-0.25, -0.2) is 0 Å². The molecule has 0 heterocycles. The SMILES string of the molecule is CC(C)(O)CCC[C@](C)(O)[C@H]1CC[C@@]2(O)C3=CC(=O)[C@H]4C[C@@H](O)CC[C@]4(C)[C@H]3CC[C@]12C. The summed E-state index contributed by atoms with van der Waals surface area (Å²) in [4.78, 5) is 13.2. The van der Waals surface area contributed by atoms with E-state index in [2.05, 4.69) is 13.8 Å². The highest BCUT2D eigenvalue weighted by molar-refractivity contribution is 5.95. The predicted octanol–water partition coefficient (Wildman–Crippen LogP) is 3.91. The molecule has 8 atom stereocenters. The Morgan fingerprint density at radius 3 is 2.34 bits per heavy atom. The zero-order chi connectivity index (χ0) is 23.7. The van der Waals surface area contributed by atoms with E-state index in [-0.39, 0.29) is 29.0 Å². The van der Waals surface area contributed by atoms with Gasteiger partial charge in [0.05, 0.1) is 22.9 Å². The summed E-state index contributed by atoms with van der Waals surface area (Å²) in [5.74, 6) is 0.0118. The molecule has 3 saturated carbocycles. The van der Waals surface area contributed by atoms with Gasteiger partial charge in [0.1, 0.15) is 0 Å². The second-order valence-electron chi connectivity index (χ2n) is 13.0. The molecule has 0 saturated heterocycles. The summed E-state index contributed by atoms with van der Waals surface area (Å²) < 4.78 is 0. The van der Waals surface area contributed by atoms with Crippen LogP contribution in [0.25, 0.3) is 0 Å². The topological polar surface area (TPSA) is 98.0 Å². The van der Waals surface area contributed by atoms with Gasteiger partial charge in [0.2, 0.25) is 0 Å². The third-order valence-electron chi connectivity index (χ3n) is 10.3. The first-order valence-electron chi connectivity index (χ1n) is 12.8. The minimum Gasteiger partial charge on any atom is -0.393 e. The van der Waals surface area contributed by atoms with E-state index in [9.17, 15) is 25.2 Å². The van der Waals surface area contributed by atoms with Crippen molar-refractivity contribution < 1.29 is 25.2 Å². The van der Waals surface area contributed by atoms with Crippen LogP contribution in [0.4, 0.5) is 0 Å². The number of carbonyl (C=O) groups excluding carboxylic acids is 1. The summed E-state index contributed by atoms with van der Waals surface area (Å²) in [6, 6.07) is 0. The van der Waals surface area contributed by atoms with Crippen LogP contribution in [-0.4, -0.2) is 49.1 Å². The maximum Gasteiger partial charge on any atom is 0.159 e. The molecule has 0 aromatic rings. The van der Waals surface area contributed by atoms with Gasteiger partial charge in [-0.1, -0.05) is 13.8 Å². The largest absolute Gasteiger partial charge is 0.393 e. The van der Waals surface area contributed by atoms with E-state index in [4.69, 9.17) is 0 Å². The highest BCUT2D eigenvalue weighted by atomic mass is 16.3. The molecular weight excluding hydrogens is 404 g/mol. The van der Waals surface area contributed by atoms with Crippen LogP contribution in [-0.2, 0) is 4.79 Å². The molecule has 5 heteroatoms. The first-order valence-corrected chi connectivity index (χ1v) is 12.8. The zero-order valence-corrected chi connectivity index (χ0v) is 20.7. The van der Waals surface area contributed by atoms with Gasteiger partial charge in [-0.3, -0.25) is 4.79 Å². The van der Waals surface area contributed by atoms with Gasteiger partial charge < -0.3 is 20.4 Å². The number of hydrogen-bond acceptors (Lipinski definition) is 5.